The Balaban J connectivity index is 2.74. The third-order valence-electron chi connectivity index (χ3n) is 2.84. The Morgan fingerprint density at radius 3 is 2.06 bits per heavy atom. The first-order valence-electron chi connectivity index (χ1n) is 6.49. The fourth-order valence-electron chi connectivity index (χ4n) is 2.02. The monoisotopic (exact) mass is 278 g/mol. The van der Waals surface area contributed by atoms with Gasteiger partial charge >= 0.3 is 0 Å². The summed E-state index contributed by atoms with van der Waals surface area (Å²) in [6.45, 7) is 10.2. The summed E-state index contributed by atoms with van der Waals surface area (Å²) < 4.78 is 5.70. The van der Waals surface area contributed by atoms with Crippen molar-refractivity contribution in [3.05, 3.63) is 0 Å². The lowest BCUT2D eigenvalue weighted by molar-refractivity contribution is -0.201. The number of hydrogen-bond donors (Lipinski definition) is 3. The summed E-state index contributed by atoms with van der Waals surface area (Å²) in [5.74, 6) is 0.368. The summed E-state index contributed by atoms with van der Waals surface area (Å²) in [6, 6.07) is 0. The van der Waals surface area contributed by atoms with Crippen LogP contribution in [-0.4, -0.2) is 49.9 Å². The van der Waals surface area contributed by atoms with E-state index in [9.17, 15) is 15.3 Å². The largest absolute Gasteiger partial charge is 0.388 e. The van der Waals surface area contributed by atoms with Crippen LogP contribution in [0.4, 0.5) is 0 Å². The predicted octanol–water partition coefficient (Wildman–Crippen LogP) is 1.37. The number of thioether (sulfide) groups is 1. The standard InChI is InChI=1S/C13H26O4S/c1-7(2)6-8-9(14)10(15)11(16)12(17-8)18-13(3,4)5/h7-12,14-16H,6H2,1-5H3/t8-,9+,10+,11-,12-/m1/s1. The smallest absolute Gasteiger partial charge is 0.132 e. The van der Waals surface area contributed by atoms with Crippen LogP contribution in [0.15, 0.2) is 0 Å². The van der Waals surface area contributed by atoms with E-state index in [0.29, 0.717) is 12.3 Å². The second kappa shape index (κ2) is 6.09. The Kier molecular flexibility index (Phi) is 5.50. The van der Waals surface area contributed by atoms with Crippen LogP contribution < -0.4 is 0 Å². The van der Waals surface area contributed by atoms with Crippen LogP contribution in [0.3, 0.4) is 0 Å². The van der Waals surface area contributed by atoms with Crippen LogP contribution in [0.5, 0.6) is 0 Å². The molecule has 0 amide bonds. The van der Waals surface area contributed by atoms with Gasteiger partial charge in [0.1, 0.15) is 23.7 Å². The van der Waals surface area contributed by atoms with E-state index in [1.165, 1.54) is 11.8 Å². The summed E-state index contributed by atoms with van der Waals surface area (Å²) in [7, 11) is 0. The normalized spacial score (nSPS) is 38.2. The molecule has 0 aromatic carbocycles. The molecule has 0 aromatic heterocycles. The zero-order chi connectivity index (χ0) is 14.1. The predicted molar refractivity (Wildman–Crippen MR) is 73.5 cm³/mol. The average Bonchev–Trinajstić information content (AvgIpc) is 2.19. The van der Waals surface area contributed by atoms with Gasteiger partial charge in [-0.1, -0.05) is 34.6 Å². The van der Waals surface area contributed by atoms with Gasteiger partial charge in [0, 0.05) is 4.75 Å². The molecule has 1 aliphatic heterocycles. The molecule has 5 atom stereocenters. The first kappa shape index (κ1) is 16.2. The van der Waals surface area contributed by atoms with E-state index in [4.69, 9.17) is 4.74 Å². The highest BCUT2D eigenvalue weighted by molar-refractivity contribution is 8.01. The molecule has 0 radical (unpaired) electrons. The third kappa shape index (κ3) is 4.38. The molecule has 1 rings (SSSR count). The molecule has 0 aromatic rings. The lowest BCUT2D eigenvalue weighted by atomic mass is 9.94. The molecule has 5 heteroatoms. The Bertz CT molecular complexity index is 264. The Hall–Kier alpha value is 0.190. The zero-order valence-corrected chi connectivity index (χ0v) is 12.6. The fraction of sp³-hybridized carbons (Fsp3) is 1.00. The van der Waals surface area contributed by atoms with Crippen LogP contribution in [0.2, 0.25) is 0 Å². The number of hydrogen-bond acceptors (Lipinski definition) is 5. The molecule has 1 aliphatic rings. The van der Waals surface area contributed by atoms with E-state index in [1.54, 1.807) is 0 Å². The van der Waals surface area contributed by atoms with Gasteiger partial charge < -0.3 is 20.1 Å². The second-order valence-corrected chi connectivity index (χ2v) is 8.30. The third-order valence-corrected chi connectivity index (χ3v) is 4.17. The van der Waals surface area contributed by atoms with E-state index in [2.05, 4.69) is 0 Å². The molecule has 1 saturated heterocycles. The highest BCUT2D eigenvalue weighted by atomic mass is 32.2. The average molecular weight is 278 g/mol. The van der Waals surface area contributed by atoms with Crippen molar-refractivity contribution in [3.8, 4) is 0 Å². The van der Waals surface area contributed by atoms with Crippen LogP contribution in [0, 0.1) is 5.92 Å². The lowest BCUT2D eigenvalue weighted by Gasteiger charge is -2.42. The molecule has 0 bridgehead atoms. The van der Waals surface area contributed by atoms with Crippen molar-refractivity contribution in [2.45, 2.75) is 75.6 Å². The van der Waals surface area contributed by atoms with Crippen molar-refractivity contribution >= 4 is 11.8 Å². The molecule has 4 nitrogen and oxygen atoms in total. The number of ether oxygens (including phenoxy) is 1. The Morgan fingerprint density at radius 2 is 1.61 bits per heavy atom. The Labute approximate surface area is 114 Å². The van der Waals surface area contributed by atoms with Crippen molar-refractivity contribution < 1.29 is 20.1 Å². The van der Waals surface area contributed by atoms with Gasteiger partial charge in [-0.25, -0.2) is 0 Å². The number of rotatable bonds is 3. The number of aliphatic hydroxyl groups is 3. The molecule has 3 N–H and O–H groups in total. The summed E-state index contributed by atoms with van der Waals surface area (Å²) in [5, 5.41) is 29.8. The van der Waals surface area contributed by atoms with Gasteiger partial charge in [0.25, 0.3) is 0 Å². The molecule has 1 heterocycles. The van der Waals surface area contributed by atoms with Crippen LogP contribution >= 0.6 is 11.8 Å². The minimum absolute atomic E-state index is 0.0734. The first-order chi connectivity index (χ1) is 8.11. The van der Waals surface area contributed by atoms with Crippen LogP contribution in [-0.2, 0) is 4.74 Å². The molecule has 0 spiro atoms. The van der Waals surface area contributed by atoms with E-state index in [-0.39, 0.29) is 4.75 Å². The number of aliphatic hydroxyl groups excluding tert-OH is 3. The summed E-state index contributed by atoms with van der Waals surface area (Å²) in [6.07, 6.45) is -2.94. The molecule has 0 unspecified atom stereocenters. The van der Waals surface area contributed by atoms with Crippen molar-refractivity contribution in [1.29, 1.82) is 0 Å². The lowest BCUT2D eigenvalue weighted by Crippen LogP contribution is -2.57. The van der Waals surface area contributed by atoms with Gasteiger partial charge in [0.05, 0.1) is 6.10 Å². The van der Waals surface area contributed by atoms with E-state index in [1.807, 2.05) is 34.6 Å². The maximum Gasteiger partial charge on any atom is 0.132 e. The van der Waals surface area contributed by atoms with E-state index >= 15 is 0 Å². The summed E-state index contributed by atoms with van der Waals surface area (Å²) in [5.41, 5.74) is -0.493. The quantitative estimate of drug-likeness (QED) is 0.727. The molecular weight excluding hydrogens is 252 g/mol. The van der Waals surface area contributed by atoms with Crippen molar-refractivity contribution in [3.63, 3.8) is 0 Å². The first-order valence-corrected chi connectivity index (χ1v) is 7.37. The molecular formula is C13H26O4S. The zero-order valence-electron chi connectivity index (χ0n) is 11.8. The maximum absolute atomic E-state index is 9.97. The van der Waals surface area contributed by atoms with Gasteiger partial charge in [-0.05, 0) is 12.3 Å². The Morgan fingerprint density at radius 1 is 1.06 bits per heavy atom. The van der Waals surface area contributed by atoms with Gasteiger partial charge in [0.15, 0.2) is 0 Å². The fourth-order valence-corrected chi connectivity index (χ4v) is 3.22. The molecule has 108 valence electrons. The minimum atomic E-state index is -1.14. The second-order valence-electron chi connectivity index (χ2n) is 6.37. The molecule has 1 fully saturated rings. The summed E-state index contributed by atoms with van der Waals surface area (Å²) in [4.78, 5) is 0. The van der Waals surface area contributed by atoms with Crippen molar-refractivity contribution in [2.75, 3.05) is 0 Å². The van der Waals surface area contributed by atoms with Crippen LogP contribution in [0.25, 0.3) is 0 Å². The van der Waals surface area contributed by atoms with Gasteiger partial charge in [-0.2, -0.15) is 0 Å². The van der Waals surface area contributed by atoms with Crippen molar-refractivity contribution in [1.82, 2.24) is 0 Å². The van der Waals surface area contributed by atoms with Gasteiger partial charge in [-0.15, -0.1) is 11.8 Å². The highest BCUT2D eigenvalue weighted by Crippen LogP contribution is 2.37. The molecule has 18 heavy (non-hydrogen) atoms. The highest BCUT2D eigenvalue weighted by Gasteiger charge is 2.44. The van der Waals surface area contributed by atoms with E-state index < -0.39 is 29.9 Å². The topological polar surface area (TPSA) is 69.9 Å². The van der Waals surface area contributed by atoms with Crippen molar-refractivity contribution in [2.24, 2.45) is 5.92 Å². The van der Waals surface area contributed by atoms with Crippen LogP contribution in [0.1, 0.15) is 41.0 Å². The van der Waals surface area contributed by atoms with Gasteiger partial charge in [0.2, 0.25) is 0 Å². The SMILES string of the molecule is CC(C)C[C@H]1O[C@H](SC(C)(C)C)[C@H](O)[C@@H](O)[C@H]1O. The minimum Gasteiger partial charge on any atom is -0.388 e. The van der Waals surface area contributed by atoms with Gasteiger partial charge in [-0.3, -0.25) is 0 Å². The van der Waals surface area contributed by atoms with E-state index in [0.717, 1.165) is 0 Å². The summed E-state index contributed by atoms with van der Waals surface area (Å²) >= 11 is 1.48. The molecule has 0 saturated carbocycles. The molecule has 0 aliphatic carbocycles. The maximum atomic E-state index is 9.97.